The van der Waals surface area contributed by atoms with E-state index in [4.69, 9.17) is 5.73 Å². The summed E-state index contributed by atoms with van der Waals surface area (Å²) in [5, 5.41) is 0.476. The van der Waals surface area contributed by atoms with E-state index in [1.807, 2.05) is 13.8 Å². The molecule has 1 aliphatic heterocycles. The molecule has 0 amide bonds. The summed E-state index contributed by atoms with van der Waals surface area (Å²) in [5.74, 6) is -0.570. The maximum absolute atomic E-state index is 13.6. The van der Waals surface area contributed by atoms with Crippen molar-refractivity contribution in [3.8, 4) is 0 Å². The first-order chi connectivity index (χ1) is 9.64. The van der Waals surface area contributed by atoms with Crippen molar-refractivity contribution in [1.82, 2.24) is 4.31 Å². The van der Waals surface area contributed by atoms with E-state index in [2.05, 4.69) is 0 Å². The summed E-state index contributed by atoms with van der Waals surface area (Å²) in [4.78, 5) is 0.146. The Morgan fingerprint density at radius 2 is 1.81 bits per heavy atom. The van der Waals surface area contributed by atoms with E-state index in [0.29, 0.717) is 24.2 Å². The zero-order chi connectivity index (χ0) is 15.9. The second-order valence-electron chi connectivity index (χ2n) is 5.62. The van der Waals surface area contributed by atoms with E-state index in [0.717, 1.165) is 0 Å². The second kappa shape index (κ2) is 5.78. The normalized spacial score (nSPS) is 24.2. The number of rotatable bonds is 2. The molecular weight excluding hydrogens is 311 g/mol. The van der Waals surface area contributed by atoms with Crippen LogP contribution in [0.2, 0.25) is 0 Å². The highest BCUT2D eigenvalue weighted by molar-refractivity contribution is 8.00. The van der Waals surface area contributed by atoms with E-state index in [1.165, 1.54) is 10.4 Å². The molecule has 0 aliphatic carbocycles. The molecule has 1 heterocycles. The van der Waals surface area contributed by atoms with Crippen molar-refractivity contribution in [1.29, 1.82) is 0 Å². The number of nitrogens with two attached hydrogens (primary N) is 1. The molecule has 2 N–H and O–H groups in total. The first-order valence-electron chi connectivity index (χ1n) is 6.85. The van der Waals surface area contributed by atoms with Crippen molar-refractivity contribution in [2.45, 2.75) is 43.1 Å². The van der Waals surface area contributed by atoms with Gasteiger partial charge in [0.15, 0.2) is 0 Å². The number of aryl methyl sites for hydroxylation is 1. The quantitative estimate of drug-likeness (QED) is 0.846. The predicted molar refractivity (Wildman–Crippen MR) is 85.6 cm³/mol. The van der Waals surface area contributed by atoms with Crippen LogP contribution < -0.4 is 5.73 Å². The second-order valence-corrected chi connectivity index (χ2v) is 9.38. The Hall–Kier alpha value is -0.790. The highest BCUT2D eigenvalue weighted by Crippen LogP contribution is 2.33. The maximum atomic E-state index is 13.6. The zero-order valence-electron chi connectivity index (χ0n) is 12.7. The van der Waals surface area contributed by atoms with Crippen LogP contribution in [0.5, 0.6) is 0 Å². The molecule has 2 unspecified atom stereocenters. The van der Waals surface area contributed by atoms with Crippen molar-refractivity contribution < 1.29 is 12.8 Å². The summed E-state index contributed by atoms with van der Waals surface area (Å²) in [6, 6.07) is 1.20. The van der Waals surface area contributed by atoms with Crippen molar-refractivity contribution in [2.75, 3.05) is 18.8 Å². The molecule has 0 radical (unpaired) electrons. The predicted octanol–water partition coefficient (Wildman–Crippen LogP) is 2.54. The van der Waals surface area contributed by atoms with Crippen LogP contribution >= 0.6 is 11.8 Å². The minimum absolute atomic E-state index is 0.0911. The molecular formula is C14H21FN2O2S2. The molecule has 0 aromatic heterocycles. The molecule has 2 rings (SSSR count). The minimum Gasteiger partial charge on any atom is -0.396 e. The number of nitrogen functional groups attached to an aromatic ring is 1. The summed E-state index contributed by atoms with van der Waals surface area (Å²) in [6.45, 7) is 8.13. The SMILES string of the molecule is Cc1cc(F)c(N)c(C)c1S(=O)(=O)N1CC(C)SC(C)C1. The van der Waals surface area contributed by atoms with E-state index in [1.54, 1.807) is 25.6 Å². The first-order valence-corrected chi connectivity index (χ1v) is 9.23. The molecule has 21 heavy (non-hydrogen) atoms. The van der Waals surface area contributed by atoms with Crippen LogP contribution in [0, 0.1) is 19.7 Å². The summed E-state index contributed by atoms with van der Waals surface area (Å²) in [7, 11) is -3.66. The lowest BCUT2D eigenvalue weighted by atomic mass is 10.1. The lowest BCUT2D eigenvalue weighted by Crippen LogP contribution is -2.44. The van der Waals surface area contributed by atoms with Gasteiger partial charge < -0.3 is 5.73 Å². The fraction of sp³-hybridized carbons (Fsp3) is 0.571. The summed E-state index contributed by atoms with van der Waals surface area (Å²) >= 11 is 1.78. The number of hydrogen-bond donors (Lipinski definition) is 1. The molecule has 2 atom stereocenters. The summed E-state index contributed by atoms with van der Waals surface area (Å²) in [5.41, 5.74) is 6.28. The lowest BCUT2D eigenvalue weighted by molar-refractivity contribution is 0.404. The molecule has 1 aromatic carbocycles. The molecule has 1 fully saturated rings. The van der Waals surface area contributed by atoms with E-state index in [9.17, 15) is 12.8 Å². The molecule has 0 bridgehead atoms. The Balaban J connectivity index is 2.52. The fourth-order valence-corrected chi connectivity index (χ4v) is 6.36. The van der Waals surface area contributed by atoms with Crippen LogP contribution in [0.3, 0.4) is 0 Å². The monoisotopic (exact) mass is 332 g/mol. The molecule has 1 aliphatic rings. The Kier molecular flexibility index (Phi) is 4.56. The van der Waals surface area contributed by atoms with Crippen molar-refractivity contribution in [2.24, 2.45) is 0 Å². The van der Waals surface area contributed by atoms with Crippen molar-refractivity contribution >= 4 is 27.5 Å². The largest absolute Gasteiger partial charge is 0.396 e. The topological polar surface area (TPSA) is 63.4 Å². The summed E-state index contributed by atoms with van der Waals surface area (Å²) < 4.78 is 41.0. The van der Waals surface area contributed by atoms with Crippen LogP contribution in [0.15, 0.2) is 11.0 Å². The molecule has 0 saturated carbocycles. The van der Waals surface area contributed by atoms with Crippen LogP contribution in [0.4, 0.5) is 10.1 Å². The number of halogens is 1. The van der Waals surface area contributed by atoms with Crippen LogP contribution in [0.25, 0.3) is 0 Å². The van der Waals surface area contributed by atoms with Crippen molar-refractivity contribution in [3.05, 3.63) is 23.0 Å². The number of anilines is 1. The van der Waals surface area contributed by atoms with Crippen LogP contribution in [-0.4, -0.2) is 36.3 Å². The van der Waals surface area contributed by atoms with E-state index in [-0.39, 0.29) is 21.1 Å². The zero-order valence-corrected chi connectivity index (χ0v) is 14.3. The third-order valence-electron chi connectivity index (χ3n) is 3.69. The smallest absolute Gasteiger partial charge is 0.243 e. The minimum atomic E-state index is -3.66. The van der Waals surface area contributed by atoms with Crippen molar-refractivity contribution in [3.63, 3.8) is 0 Å². The number of hydrogen-bond acceptors (Lipinski definition) is 4. The number of nitrogens with zero attached hydrogens (tertiary/aromatic N) is 1. The Bertz CT molecular complexity index is 651. The molecule has 118 valence electrons. The molecule has 0 spiro atoms. The first kappa shape index (κ1) is 16.6. The van der Waals surface area contributed by atoms with Gasteiger partial charge >= 0.3 is 0 Å². The third kappa shape index (κ3) is 3.05. The van der Waals surface area contributed by atoms with Crippen LogP contribution in [0.1, 0.15) is 25.0 Å². The molecule has 1 saturated heterocycles. The van der Waals surface area contributed by atoms with Gasteiger partial charge in [-0.25, -0.2) is 12.8 Å². The van der Waals surface area contributed by atoms with Crippen LogP contribution in [-0.2, 0) is 10.0 Å². The maximum Gasteiger partial charge on any atom is 0.243 e. The number of thioether (sulfide) groups is 1. The van der Waals surface area contributed by atoms with E-state index < -0.39 is 15.8 Å². The molecule has 7 heteroatoms. The standard InChI is InChI=1S/C14H21FN2O2S2/c1-8-5-12(15)13(16)11(4)14(8)21(18,19)17-6-9(2)20-10(3)7-17/h5,9-10H,6-7,16H2,1-4H3. The Labute approximate surface area is 129 Å². The van der Waals surface area contributed by atoms with Gasteiger partial charge in [0, 0.05) is 23.6 Å². The van der Waals surface area contributed by atoms with Gasteiger partial charge in [-0.1, -0.05) is 13.8 Å². The number of sulfonamides is 1. The molecule has 4 nitrogen and oxygen atoms in total. The number of benzene rings is 1. The van der Waals surface area contributed by atoms with E-state index >= 15 is 0 Å². The fourth-order valence-electron chi connectivity index (χ4n) is 2.78. The lowest BCUT2D eigenvalue weighted by Gasteiger charge is -2.34. The van der Waals surface area contributed by atoms with Gasteiger partial charge in [-0.3, -0.25) is 0 Å². The molecule has 1 aromatic rings. The van der Waals surface area contributed by atoms with Gasteiger partial charge in [-0.05, 0) is 31.0 Å². The average molecular weight is 332 g/mol. The highest BCUT2D eigenvalue weighted by Gasteiger charge is 2.34. The summed E-state index contributed by atoms with van der Waals surface area (Å²) in [6.07, 6.45) is 0. The Morgan fingerprint density at radius 1 is 1.29 bits per heavy atom. The van der Waals surface area contributed by atoms with Gasteiger partial charge in [0.1, 0.15) is 5.82 Å². The highest BCUT2D eigenvalue weighted by atomic mass is 32.2. The average Bonchev–Trinajstić information content (AvgIpc) is 2.34. The van der Waals surface area contributed by atoms with Gasteiger partial charge in [0.25, 0.3) is 0 Å². The van der Waals surface area contributed by atoms with Gasteiger partial charge in [-0.2, -0.15) is 16.1 Å². The third-order valence-corrected chi connectivity index (χ3v) is 7.04. The van der Waals surface area contributed by atoms with Gasteiger partial charge in [-0.15, -0.1) is 0 Å². The van der Waals surface area contributed by atoms with Gasteiger partial charge in [0.2, 0.25) is 10.0 Å². The van der Waals surface area contributed by atoms with Gasteiger partial charge in [0.05, 0.1) is 10.6 Å². The Morgan fingerprint density at radius 3 is 2.33 bits per heavy atom.